The topological polar surface area (TPSA) is 171 Å². The molecule has 8 saturated carbocycles. The molecule has 0 spiro atoms. The number of rotatable bonds is 8. The van der Waals surface area contributed by atoms with Gasteiger partial charge in [0.25, 0.3) is 0 Å². The van der Waals surface area contributed by atoms with Crippen LogP contribution in [0.25, 0.3) is 54.9 Å². The van der Waals surface area contributed by atoms with Gasteiger partial charge >= 0.3 is 335 Å². The van der Waals surface area contributed by atoms with Crippen molar-refractivity contribution in [3.63, 3.8) is 0 Å². The van der Waals surface area contributed by atoms with Crippen LogP contribution in [0.4, 0.5) is 18.9 Å². The fraction of sp³-hybridized carbons (Fsp3) is 0.525. The first-order valence-electron chi connectivity index (χ1n) is 51.4. The van der Waals surface area contributed by atoms with Crippen LogP contribution in [0.2, 0.25) is 0 Å². The first-order valence-corrected chi connectivity index (χ1v) is 62.3. The van der Waals surface area contributed by atoms with E-state index in [2.05, 4.69) is 270 Å². The summed E-state index contributed by atoms with van der Waals surface area (Å²) in [4.78, 5) is 4.11. The van der Waals surface area contributed by atoms with Crippen molar-refractivity contribution in [2.24, 2.45) is 62.2 Å². The number of hydrogen-bond donors (Lipinski definition) is 5. The van der Waals surface area contributed by atoms with Gasteiger partial charge in [-0.3, -0.25) is 0 Å². The predicted octanol–water partition coefficient (Wildman–Crippen LogP) is 35.4. The van der Waals surface area contributed by atoms with E-state index in [1.165, 1.54) is 190 Å². The Morgan fingerprint density at radius 2 is 0.657 bits per heavy atom. The van der Waals surface area contributed by atoms with Crippen LogP contribution < -0.4 is 14.5 Å². The summed E-state index contributed by atoms with van der Waals surface area (Å²) in [6.07, 6.45) is 31.6. The molecule has 1 aromatic heterocycles. The zero-order valence-electron chi connectivity index (χ0n) is 87.9. The predicted molar refractivity (Wildman–Crippen MR) is 601 cm³/mol. The average molecular weight is 2590 g/mol. The fourth-order valence-corrected chi connectivity index (χ4v) is 31.9. The van der Waals surface area contributed by atoms with Crippen molar-refractivity contribution in [3.05, 3.63) is 215 Å². The van der Waals surface area contributed by atoms with Crippen LogP contribution in [0.1, 0.15) is 298 Å². The quantitative estimate of drug-likeness (QED) is 0.0936. The van der Waals surface area contributed by atoms with Gasteiger partial charge in [0.15, 0.2) is 5.60 Å². The Hall–Kier alpha value is -4.56. The second-order valence-electron chi connectivity index (χ2n) is 46.5. The Labute approximate surface area is 926 Å². The summed E-state index contributed by atoms with van der Waals surface area (Å²) in [5.41, 5.74) is 23.0. The van der Waals surface area contributed by atoms with Gasteiger partial charge in [-0.1, -0.05) is 90.4 Å². The maximum atomic E-state index is 11.3. The molecule has 0 unspecified atom stereocenters. The summed E-state index contributed by atoms with van der Waals surface area (Å²) < 4.78 is 73.6. The SMILES string of the molecule is CC(C)(C)O.CC(C)(C)[CH]=[Mo]=[N]C12CC3CC(CC(C3)C1)C2.CC(C)(C)[CH]=[Mo]=[N]C12CC3CC(CC(C3)C1)C2.CC(C)(O)C(F)(F)F.COc1c(Br)cc2c(c1-c1c(O)c(Br)cc3c1CCCC3)CCCC2.COc1c(Br)cc2c(c1-c1c(O)c(Br)cc3c1CCCC3)CCCC2.Cc1c(Br)cc2ccccc2c1-c1c(O)c(Br)cc2ccccc12.Cc1ccc(C)[n-]1.Cc1cccc(C)c1[N]=[Mo]=[CH]C(C)(C)C. The normalized spacial score (nSPS) is 20.8. The number of alkyl halides is 3. The summed E-state index contributed by atoms with van der Waals surface area (Å²) >= 11 is 21.0. The van der Waals surface area contributed by atoms with E-state index in [1.54, 1.807) is 35.0 Å². The Morgan fingerprint density at radius 1 is 0.371 bits per heavy atom. The first kappa shape index (κ1) is 117. The summed E-state index contributed by atoms with van der Waals surface area (Å²) in [5, 5.41) is 54.0. The standard InChI is InChI=1S/2C21H22Br2O2.C21H14Br2O.2C10H15N.C8H9N.C6H8N.3C5H10.C4H7F3O.C4H10O.3Mo/c2*1-25-21-17(23)11-13-7-3-5-9-15(13)19(21)18-14-8-4-2-6-12(14)10-16(22)20(18)24;1-12-17(22)10-13-6-2-4-8-15(13)19(12)20-16-9-5-3-7-14(16)11-18(23)21(20)24;2*11-10-4-7-1-8(5-10)3-9(2-7)6-10;1-6-4-3-5-7(2)8(6)9;1-5-3-4-6(2)7-5;3*1-5(2,3)4;1-3(2,8)4(5,6)7;1-4(2,3)5;;;/h2*10-11,24H,2-9H2,1H3;2-11,24H,1H3;2*7-9H,1-6H2;3-5H,1-2H3;3-4H,1-2H3;3*1H,2-4H3;8H,1-2H3;5H,1-3H3;;;/q;;;;;;-1;;;;;;;;. The van der Waals surface area contributed by atoms with Gasteiger partial charge in [0.2, 0.25) is 0 Å². The van der Waals surface area contributed by atoms with Gasteiger partial charge in [0.1, 0.15) is 28.7 Å². The van der Waals surface area contributed by atoms with E-state index in [1.807, 2.05) is 56.3 Å². The molecule has 9 aromatic carbocycles. The molecule has 0 radical (unpaired) electrons. The van der Waals surface area contributed by atoms with E-state index in [0.29, 0.717) is 57.1 Å². The number of phenolic OH excluding ortho intramolecular Hbond substituents is 3. The van der Waals surface area contributed by atoms with Gasteiger partial charge in [-0.25, -0.2) is 0 Å². The van der Waals surface area contributed by atoms with Crippen LogP contribution >= 0.6 is 95.6 Å². The van der Waals surface area contributed by atoms with Gasteiger partial charge in [-0.15, -0.1) is 0 Å². The molecule has 22 rings (SSSR count). The van der Waals surface area contributed by atoms with Gasteiger partial charge in [-0.2, -0.15) is 24.6 Å². The van der Waals surface area contributed by atoms with E-state index in [9.17, 15) is 28.5 Å². The Bertz CT molecular complexity index is 5980. The third-order valence-corrected chi connectivity index (χ3v) is 41.5. The van der Waals surface area contributed by atoms with Crippen LogP contribution in [0.5, 0.6) is 28.7 Å². The molecule has 11 nitrogen and oxygen atoms in total. The number of hydrogen-bond acceptors (Lipinski definition) is 10. The second-order valence-corrected chi connectivity index (χ2v) is 56.2. The van der Waals surface area contributed by atoms with E-state index in [0.717, 1.165) is 193 Å². The number of phenols is 3. The summed E-state index contributed by atoms with van der Waals surface area (Å²) in [6.45, 7) is 37.5. The number of nitrogens with zero attached hydrogens (tertiary/aromatic N) is 4. The zero-order chi connectivity index (χ0) is 104. The number of fused-ring (bicyclic) bond motifs is 6. The number of methoxy groups -OCH3 is 2. The van der Waals surface area contributed by atoms with Crippen molar-refractivity contribution in [2.75, 3.05) is 14.2 Å². The van der Waals surface area contributed by atoms with Crippen LogP contribution in [-0.4, -0.2) is 81.4 Å². The molecule has 1 heterocycles. The molecule has 0 aliphatic heterocycles. The molecule has 143 heavy (non-hydrogen) atoms. The van der Waals surface area contributed by atoms with Crippen molar-refractivity contribution in [2.45, 2.75) is 340 Å². The van der Waals surface area contributed by atoms with Crippen LogP contribution in [0.15, 0.2) is 153 Å². The molecule has 776 valence electrons. The molecular formula is C120H152Br6F3Mo3N4O7-. The molecule has 8 fully saturated rings. The number of aromatic nitrogens is 1. The number of aromatic hydroxyl groups is 3. The Balaban J connectivity index is 0.000000148. The number of ether oxygens (including phenoxy) is 2. The number of aryl methyl sites for hydroxylation is 8. The maximum absolute atomic E-state index is 11.3. The second kappa shape index (κ2) is 50.3. The summed E-state index contributed by atoms with van der Waals surface area (Å²) in [5.74, 6) is 8.97. The van der Waals surface area contributed by atoms with E-state index in [-0.39, 0.29) is 59.5 Å². The monoisotopic (exact) mass is 2590 g/mol. The summed E-state index contributed by atoms with van der Waals surface area (Å²) in [7, 11) is 3.45. The molecule has 0 atom stereocenters. The van der Waals surface area contributed by atoms with Crippen molar-refractivity contribution in [1.29, 1.82) is 0 Å². The van der Waals surface area contributed by atoms with Crippen LogP contribution in [0.3, 0.4) is 0 Å². The first-order chi connectivity index (χ1) is 67.1. The van der Waals surface area contributed by atoms with Gasteiger partial charge in [-0.05, 0) is 338 Å². The van der Waals surface area contributed by atoms with Crippen molar-refractivity contribution in [3.8, 4) is 62.1 Å². The van der Waals surface area contributed by atoms with Crippen molar-refractivity contribution in [1.82, 2.24) is 4.98 Å². The van der Waals surface area contributed by atoms with Crippen LogP contribution in [0, 0.1) is 86.4 Å². The fourth-order valence-electron chi connectivity index (χ4n) is 22.9. The molecule has 10 aromatic rings. The molecular weight excluding hydrogens is 2430 g/mol. The average Bonchev–Trinajstić information content (AvgIpc) is 0.865. The molecule has 23 heteroatoms. The summed E-state index contributed by atoms with van der Waals surface area (Å²) in [6, 6.07) is 39.5. The van der Waals surface area contributed by atoms with E-state index in [4.69, 9.17) is 30.2 Å². The van der Waals surface area contributed by atoms with Gasteiger partial charge in [0.05, 0.1) is 42.2 Å². The number of halogens is 9. The molecule has 5 N–H and O–H groups in total. The number of aliphatic hydroxyl groups is 2. The molecule has 0 amide bonds. The minimum atomic E-state index is -4.51. The van der Waals surface area contributed by atoms with Crippen molar-refractivity contribution >= 4 is 136 Å². The molecule has 12 aliphatic carbocycles. The third kappa shape index (κ3) is 31.6. The van der Waals surface area contributed by atoms with Gasteiger partial charge < -0.3 is 40.0 Å². The number of benzene rings is 9. The molecule has 8 bridgehead atoms. The van der Waals surface area contributed by atoms with E-state index >= 15 is 0 Å². The third-order valence-electron chi connectivity index (χ3n) is 28.6. The Morgan fingerprint density at radius 3 is 0.972 bits per heavy atom. The molecule has 0 saturated heterocycles. The Kier molecular flexibility index (Phi) is 41.2. The van der Waals surface area contributed by atoms with Crippen LogP contribution in [-0.2, 0) is 105 Å². The van der Waals surface area contributed by atoms with Crippen molar-refractivity contribution < 1.29 is 102 Å². The molecule has 12 aliphatic rings. The van der Waals surface area contributed by atoms with Gasteiger partial charge in [0, 0.05) is 32.3 Å². The zero-order valence-corrected chi connectivity index (χ0v) is 103. The van der Waals surface area contributed by atoms with E-state index < -0.39 is 17.4 Å². The minimum absolute atomic E-state index is 0.214.